The molecule has 0 aliphatic carbocycles. The third-order valence-corrected chi connectivity index (χ3v) is 5.40. The van der Waals surface area contributed by atoms with Crippen LogP contribution in [0.25, 0.3) is 0 Å². The third kappa shape index (κ3) is 2.33. The fourth-order valence-electron chi connectivity index (χ4n) is 2.20. The number of hydrogen-bond acceptors (Lipinski definition) is 2. The Balaban J connectivity index is 2.23. The molecule has 1 fully saturated rings. The summed E-state index contributed by atoms with van der Waals surface area (Å²) in [6.45, 7) is 4.84. The van der Waals surface area contributed by atoms with Crippen LogP contribution in [0.3, 0.4) is 0 Å². The largest absolute Gasteiger partial charge is 0.333 e. The summed E-state index contributed by atoms with van der Waals surface area (Å²) in [5, 5.41) is 2.51. The predicted molar refractivity (Wildman–Crippen MR) is 73.4 cm³/mol. The van der Waals surface area contributed by atoms with Gasteiger partial charge in [-0.1, -0.05) is 18.5 Å². The van der Waals surface area contributed by atoms with Gasteiger partial charge in [-0.05, 0) is 30.2 Å². The average molecular weight is 292 g/mol. The van der Waals surface area contributed by atoms with Gasteiger partial charge in [-0.2, -0.15) is 0 Å². The summed E-state index contributed by atoms with van der Waals surface area (Å²) in [7, 11) is 0. The molecule has 2 atom stereocenters. The number of amides is 1. The maximum Gasteiger partial charge on any atom is 0.265 e. The zero-order valence-corrected chi connectivity index (χ0v) is 12.2. The molecule has 0 radical (unpaired) electrons. The third-order valence-electron chi connectivity index (χ3n) is 3.39. The molecule has 17 heavy (non-hydrogen) atoms. The summed E-state index contributed by atoms with van der Waals surface area (Å²) in [6.07, 6.45) is 1.02. The van der Waals surface area contributed by atoms with Crippen LogP contribution >= 0.6 is 34.5 Å². The van der Waals surface area contributed by atoms with Crippen LogP contribution in [0.2, 0.25) is 5.02 Å². The molecule has 5 heteroatoms. The summed E-state index contributed by atoms with van der Waals surface area (Å²) in [6, 6.07) is 0.141. The minimum atomic E-state index is 0.0306. The topological polar surface area (TPSA) is 20.3 Å². The smallest absolute Gasteiger partial charge is 0.265 e. The summed E-state index contributed by atoms with van der Waals surface area (Å²) < 4.78 is 0. The lowest BCUT2D eigenvalue weighted by Gasteiger charge is -2.24. The van der Waals surface area contributed by atoms with Crippen molar-refractivity contribution in [1.29, 1.82) is 0 Å². The molecule has 1 saturated heterocycles. The molecule has 2 unspecified atom stereocenters. The first-order valence-corrected chi connectivity index (χ1v) is 7.46. The Bertz CT molecular complexity index is 432. The van der Waals surface area contributed by atoms with Gasteiger partial charge in [0.05, 0.1) is 5.02 Å². The van der Waals surface area contributed by atoms with E-state index in [4.69, 9.17) is 23.2 Å². The normalized spacial score (nSPS) is 24.4. The second kappa shape index (κ2) is 5.17. The van der Waals surface area contributed by atoms with Crippen LogP contribution in [0, 0.1) is 12.8 Å². The monoisotopic (exact) mass is 291 g/mol. The summed E-state index contributed by atoms with van der Waals surface area (Å²) in [5.74, 6) is 0.994. The van der Waals surface area contributed by atoms with Gasteiger partial charge in [0.15, 0.2) is 0 Å². The van der Waals surface area contributed by atoms with Crippen LogP contribution < -0.4 is 0 Å². The molecule has 1 aromatic rings. The van der Waals surface area contributed by atoms with Crippen molar-refractivity contribution in [3.63, 3.8) is 0 Å². The van der Waals surface area contributed by atoms with Gasteiger partial charge in [0.1, 0.15) is 4.88 Å². The fourth-order valence-corrected chi connectivity index (χ4v) is 3.90. The van der Waals surface area contributed by atoms with Crippen LogP contribution in [-0.2, 0) is 0 Å². The Labute approximate surface area is 116 Å². The number of nitrogens with zero attached hydrogens (tertiary/aromatic N) is 1. The quantitative estimate of drug-likeness (QED) is 0.759. The molecule has 1 amide bonds. The van der Waals surface area contributed by atoms with Gasteiger partial charge < -0.3 is 4.90 Å². The molecule has 1 aliphatic heterocycles. The van der Waals surface area contributed by atoms with E-state index < -0.39 is 0 Å². The minimum absolute atomic E-state index is 0.0306. The van der Waals surface area contributed by atoms with E-state index >= 15 is 0 Å². The number of carbonyl (C=O) groups excluding carboxylic acids is 1. The highest BCUT2D eigenvalue weighted by atomic mass is 35.5. The first-order valence-electron chi connectivity index (χ1n) is 5.66. The Morgan fingerprint density at radius 2 is 2.35 bits per heavy atom. The van der Waals surface area contributed by atoms with Crippen LogP contribution in [0.15, 0.2) is 5.38 Å². The van der Waals surface area contributed by atoms with E-state index in [0.29, 0.717) is 21.7 Å². The molecule has 1 aromatic heterocycles. The van der Waals surface area contributed by atoms with Crippen LogP contribution in [-0.4, -0.2) is 29.3 Å². The number of aryl methyl sites for hydroxylation is 1. The number of thiophene rings is 1. The van der Waals surface area contributed by atoms with E-state index in [1.807, 2.05) is 17.2 Å². The molecule has 0 spiro atoms. The molecule has 1 aliphatic rings. The molecule has 0 N–H and O–H groups in total. The molecular weight excluding hydrogens is 277 g/mol. The van der Waals surface area contributed by atoms with Crippen molar-refractivity contribution in [1.82, 2.24) is 4.90 Å². The van der Waals surface area contributed by atoms with Gasteiger partial charge in [0.25, 0.3) is 5.91 Å². The van der Waals surface area contributed by atoms with Crippen molar-refractivity contribution in [2.75, 3.05) is 12.4 Å². The lowest BCUT2D eigenvalue weighted by molar-refractivity contribution is 0.0742. The Morgan fingerprint density at radius 3 is 2.88 bits per heavy atom. The molecule has 94 valence electrons. The molecule has 0 saturated carbocycles. The van der Waals surface area contributed by atoms with Crippen molar-refractivity contribution in [2.24, 2.45) is 5.92 Å². The van der Waals surface area contributed by atoms with E-state index in [1.54, 1.807) is 0 Å². The van der Waals surface area contributed by atoms with Gasteiger partial charge in [-0.3, -0.25) is 4.79 Å². The van der Waals surface area contributed by atoms with Crippen LogP contribution in [0.1, 0.15) is 28.6 Å². The second-order valence-corrected chi connectivity index (χ2v) is 6.11. The van der Waals surface area contributed by atoms with E-state index in [2.05, 4.69) is 6.92 Å². The van der Waals surface area contributed by atoms with Crippen molar-refractivity contribution in [3.05, 3.63) is 20.8 Å². The molecule has 2 rings (SSSR count). The van der Waals surface area contributed by atoms with Gasteiger partial charge in [0.2, 0.25) is 0 Å². The number of halogens is 2. The zero-order valence-electron chi connectivity index (χ0n) is 9.87. The number of likely N-dealkylation sites (tertiary alicyclic amines) is 1. The van der Waals surface area contributed by atoms with E-state index in [9.17, 15) is 4.79 Å². The maximum absolute atomic E-state index is 12.4. The molecule has 0 aromatic carbocycles. The maximum atomic E-state index is 12.4. The fraction of sp³-hybridized carbons (Fsp3) is 0.583. The standard InChI is InChI=1S/C12H15Cl2NOS/c1-7-3-4-15(9(7)5-13)12(16)11-10(14)8(2)6-17-11/h6-7,9H,3-5H2,1-2H3. The highest BCUT2D eigenvalue weighted by Gasteiger charge is 2.35. The average Bonchev–Trinajstić information content (AvgIpc) is 2.83. The number of rotatable bonds is 2. The SMILES string of the molecule is Cc1csc(C(=O)N2CCC(C)C2CCl)c1Cl. The van der Waals surface area contributed by atoms with Crippen LogP contribution in [0.4, 0.5) is 0 Å². The van der Waals surface area contributed by atoms with E-state index in [1.165, 1.54) is 11.3 Å². The summed E-state index contributed by atoms with van der Waals surface area (Å²) in [5.41, 5.74) is 0.967. The molecule has 0 bridgehead atoms. The van der Waals surface area contributed by atoms with Crippen molar-refractivity contribution in [2.45, 2.75) is 26.3 Å². The van der Waals surface area contributed by atoms with E-state index in [-0.39, 0.29) is 11.9 Å². The minimum Gasteiger partial charge on any atom is -0.333 e. The van der Waals surface area contributed by atoms with Crippen LogP contribution in [0.5, 0.6) is 0 Å². The first-order chi connectivity index (χ1) is 8.06. The summed E-state index contributed by atoms with van der Waals surface area (Å²) >= 11 is 13.5. The predicted octanol–water partition coefficient (Wildman–Crippen LogP) is 3.80. The second-order valence-electron chi connectivity index (χ2n) is 4.55. The highest BCUT2D eigenvalue weighted by molar-refractivity contribution is 7.13. The Kier molecular flexibility index (Phi) is 4.01. The van der Waals surface area contributed by atoms with Crippen molar-refractivity contribution < 1.29 is 4.79 Å². The highest BCUT2D eigenvalue weighted by Crippen LogP contribution is 2.32. The van der Waals surface area contributed by atoms with Gasteiger partial charge >= 0.3 is 0 Å². The van der Waals surface area contributed by atoms with Crippen molar-refractivity contribution in [3.8, 4) is 0 Å². The van der Waals surface area contributed by atoms with Gasteiger partial charge in [-0.15, -0.1) is 22.9 Å². The molecule has 2 heterocycles. The molecular formula is C12H15Cl2NOS. The summed E-state index contributed by atoms with van der Waals surface area (Å²) in [4.78, 5) is 14.9. The number of hydrogen-bond donors (Lipinski definition) is 0. The first kappa shape index (κ1) is 13.2. The van der Waals surface area contributed by atoms with E-state index in [0.717, 1.165) is 18.5 Å². The zero-order chi connectivity index (χ0) is 12.6. The Morgan fingerprint density at radius 1 is 1.65 bits per heavy atom. The lowest BCUT2D eigenvalue weighted by atomic mass is 10.1. The van der Waals surface area contributed by atoms with Crippen molar-refractivity contribution >= 4 is 40.4 Å². The molecule has 2 nitrogen and oxygen atoms in total. The number of alkyl halides is 1. The van der Waals surface area contributed by atoms with Gasteiger partial charge in [0, 0.05) is 18.5 Å². The Hall–Kier alpha value is -0.250. The van der Waals surface area contributed by atoms with Gasteiger partial charge in [-0.25, -0.2) is 0 Å². The number of carbonyl (C=O) groups is 1. The lowest BCUT2D eigenvalue weighted by Crippen LogP contribution is -2.38.